The molecule has 0 amide bonds. The number of nitrogens with two attached hydrogens (primary N) is 1. The third-order valence-electron chi connectivity index (χ3n) is 2.92. The van der Waals surface area contributed by atoms with E-state index in [1.54, 1.807) is 0 Å². The fourth-order valence-corrected chi connectivity index (χ4v) is 2.99. The number of sulfonamides is 1. The highest BCUT2D eigenvalue weighted by molar-refractivity contribution is 7.89. The molecule has 5 N–H and O–H groups in total. The van der Waals surface area contributed by atoms with E-state index in [1.807, 2.05) is 0 Å². The molecule has 0 aliphatic rings. The van der Waals surface area contributed by atoms with Crippen LogP contribution in [0, 0.1) is 0 Å². The van der Waals surface area contributed by atoms with Crippen LogP contribution in [0.1, 0.15) is 36.0 Å². The number of anilines is 1. The number of nitrogens with one attached hydrogen (secondary N) is 1. The van der Waals surface area contributed by atoms with E-state index in [4.69, 9.17) is 15.9 Å². The van der Waals surface area contributed by atoms with E-state index in [0.29, 0.717) is 12.8 Å². The van der Waals surface area contributed by atoms with Crippen LogP contribution < -0.4 is 10.5 Å². The lowest BCUT2D eigenvalue weighted by Crippen LogP contribution is -2.25. The average molecular weight is 316 g/mol. The summed E-state index contributed by atoms with van der Waals surface area (Å²) in [5.74, 6) is -1.16. The predicted octanol–water partition coefficient (Wildman–Crippen LogP) is 0.798. The van der Waals surface area contributed by atoms with Gasteiger partial charge >= 0.3 is 5.97 Å². The summed E-state index contributed by atoms with van der Waals surface area (Å²) >= 11 is 0. The molecular weight excluding hydrogens is 296 g/mol. The van der Waals surface area contributed by atoms with E-state index in [0.717, 1.165) is 18.9 Å². The number of rotatable bonds is 9. The molecule has 1 rings (SSSR count). The zero-order valence-corrected chi connectivity index (χ0v) is 12.4. The summed E-state index contributed by atoms with van der Waals surface area (Å²) < 4.78 is 26.5. The fraction of sp³-hybridized carbons (Fsp3) is 0.462. The molecule has 0 fully saturated rings. The number of aromatic carboxylic acids is 1. The van der Waals surface area contributed by atoms with Crippen molar-refractivity contribution in [3.8, 4) is 0 Å². The normalized spacial score (nSPS) is 11.5. The summed E-state index contributed by atoms with van der Waals surface area (Å²) in [7, 11) is -3.74. The van der Waals surface area contributed by atoms with Gasteiger partial charge in [0.15, 0.2) is 0 Å². The second-order valence-electron chi connectivity index (χ2n) is 4.59. The molecule has 118 valence electrons. The first kappa shape index (κ1) is 17.4. The Balaban J connectivity index is 2.64. The van der Waals surface area contributed by atoms with Gasteiger partial charge < -0.3 is 15.9 Å². The Morgan fingerprint density at radius 1 is 1.19 bits per heavy atom. The Kier molecular flexibility index (Phi) is 6.60. The number of aliphatic hydroxyl groups excluding tert-OH is 1. The van der Waals surface area contributed by atoms with Gasteiger partial charge in [-0.25, -0.2) is 17.9 Å². The van der Waals surface area contributed by atoms with Crippen molar-refractivity contribution in [2.24, 2.45) is 0 Å². The third-order valence-corrected chi connectivity index (χ3v) is 4.46. The minimum Gasteiger partial charge on any atom is -0.478 e. The lowest BCUT2D eigenvalue weighted by atomic mass is 10.2. The largest absolute Gasteiger partial charge is 0.478 e. The van der Waals surface area contributed by atoms with Crippen LogP contribution in [0.15, 0.2) is 23.1 Å². The summed E-state index contributed by atoms with van der Waals surface area (Å²) in [6.07, 6.45) is 3.02. The Labute approximate surface area is 123 Å². The molecule has 21 heavy (non-hydrogen) atoms. The molecule has 1 aromatic rings. The molecule has 8 heteroatoms. The summed E-state index contributed by atoms with van der Waals surface area (Å²) in [4.78, 5) is 10.7. The molecule has 0 atom stereocenters. The van der Waals surface area contributed by atoms with Crippen LogP contribution in [0.5, 0.6) is 0 Å². The van der Waals surface area contributed by atoms with Crippen LogP contribution in [0.4, 0.5) is 5.69 Å². The predicted molar refractivity (Wildman–Crippen MR) is 78.6 cm³/mol. The molecule has 0 unspecified atom stereocenters. The van der Waals surface area contributed by atoms with Gasteiger partial charge in [0.1, 0.15) is 4.90 Å². The molecule has 1 aromatic carbocycles. The highest BCUT2D eigenvalue weighted by Crippen LogP contribution is 2.19. The van der Waals surface area contributed by atoms with Gasteiger partial charge in [0.2, 0.25) is 10.0 Å². The maximum Gasteiger partial charge on any atom is 0.335 e. The van der Waals surface area contributed by atoms with Gasteiger partial charge in [-0.15, -0.1) is 0 Å². The van der Waals surface area contributed by atoms with Crippen molar-refractivity contribution >= 4 is 21.7 Å². The average Bonchev–Trinajstić information content (AvgIpc) is 2.42. The van der Waals surface area contributed by atoms with Crippen molar-refractivity contribution in [3.05, 3.63) is 23.8 Å². The Morgan fingerprint density at radius 3 is 2.43 bits per heavy atom. The van der Waals surface area contributed by atoms with Crippen LogP contribution in [0.3, 0.4) is 0 Å². The lowest BCUT2D eigenvalue weighted by Gasteiger charge is -2.09. The van der Waals surface area contributed by atoms with E-state index in [9.17, 15) is 13.2 Å². The number of aliphatic hydroxyl groups is 1. The van der Waals surface area contributed by atoms with Crippen molar-refractivity contribution in [1.82, 2.24) is 4.72 Å². The smallest absolute Gasteiger partial charge is 0.335 e. The van der Waals surface area contributed by atoms with Gasteiger partial charge in [0.05, 0.1) is 11.3 Å². The molecule has 0 radical (unpaired) electrons. The monoisotopic (exact) mass is 316 g/mol. The molecule has 0 saturated heterocycles. The summed E-state index contributed by atoms with van der Waals surface area (Å²) in [6, 6.07) is 3.51. The highest BCUT2D eigenvalue weighted by atomic mass is 32.2. The quantitative estimate of drug-likeness (QED) is 0.394. The van der Waals surface area contributed by atoms with Gasteiger partial charge in [0, 0.05) is 13.2 Å². The maximum atomic E-state index is 12.0. The van der Waals surface area contributed by atoms with E-state index < -0.39 is 16.0 Å². The molecular formula is C13H20N2O5S. The maximum absolute atomic E-state index is 12.0. The number of nitrogen functional groups attached to an aromatic ring is 1. The van der Waals surface area contributed by atoms with Crippen molar-refractivity contribution < 1.29 is 23.4 Å². The topological polar surface area (TPSA) is 130 Å². The van der Waals surface area contributed by atoms with E-state index in [1.165, 1.54) is 12.1 Å². The molecule has 0 aromatic heterocycles. The van der Waals surface area contributed by atoms with Crippen LogP contribution in [-0.2, 0) is 10.0 Å². The van der Waals surface area contributed by atoms with E-state index >= 15 is 0 Å². The van der Waals surface area contributed by atoms with Crippen LogP contribution in [0.25, 0.3) is 0 Å². The van der Waals surface area contributed by atoms with Crippen LogP contribution in [0.2, 0.25) is 0 Å². The van der Waals surface area contributed by atoms with Gasteiger partial charge in [-0.05, 0) is 31.0 Å². The van der Waals surface area contributed by atoms with Crippen LogP contribution >= 0.6 is 0 Å². The van der Waals surface area contributed by atoms with Gasteiger partial charge in [-0.1, -0.05) is 12.8 Å². The van der Waals surface area contributed by atoms with Gasteiger partial charge in [0.25, 0.3) is 0 Å². The molecule has 0 aliphatic carbocycles. The Hall–Kier alpha value is -1.64. The second kappa shape index (κ2) is 7.96. The van der Waals surface area contributed by atoms with Crippen molar-refractivity contribution in [2.75, 3.05) is 18.9 Å². The molecule has 0 saturated carbocycles. The highest BCUT2D eigenvalue weighted by Gasteiger charge is 2.18. The van der Waals surface area contributed by atoms with Crippen molar-refractivity contribution in [1.29, 1.82) is 0 Å². The van der Waals surface area contributed by atoms with Crippen molar-refractivity contribution in [2.45, 2.75) is 30.6 Å². The lowest BCUT2D eigenvalue weighted by molar-refractivity contribution is 0.0697. The first-order chi connectivity index (χ1) is 9.88. The Morgan fingerprint density at radius 2 is 1.86 bits per heavy atom. The molecule has 0 heterocycles. The number of hydrogen-bond acceptors (Lipinski definition) is 5. The zero-order chi connectivity index (χ0) is 15.9. The number of carbonyl (C=O) groups is 1. The SMILES string of the molecule is Nc1cc(C(=O)O)ccc1S(=O)(=O)NCCCCCCO. The number of unbranched alkanes of at least 4 members (excludes halogenated alkanes) is 3. The fourth-order valence-electron chi connectivity index (χ4n) is 1.80. The minimum atomic E-state index is -3.74. The zero-order valence-electron chi connectivity index (χ0n) is 11.6. The standard InChI is InChI=1S/C13H20N2O5S/c14-11-9-10(13(17)18)5-6-12(11)21(19,20)15-7-3-1-2-4-8-16/h5-6,9,15-16H,1-4,7-8,14H2,(H,17,18). The summed E-state index contributed by atoms with van der Waals surface area (Å²) in [5, 5.41) is 17.4. The number of hydrogen-bond donors (Lipinski definition) is 4. The number of benzene rings is 1. The summed E-state index contributed by atoms with van der Waals surface area (Å²) in [5.41, 5.74) is 5.45. The Bertz CT molecular complexity index is 586. The first-order valence-electron chi connectivity index (χ1n) is 6.62. The first-order valence-corrected chi connectivity index (χ1v) is 8.10. The molecule has 7 nitrogen and oxygen atoms in total. The van der Waals surface area contributed by atoms with Crippen molar-refractivity contribution in [3.63, 3.8) is 0 Å². The number of carboxylic acids is 1. The number of carboxylic acid groups (broad SMARTS) is 1. The van der Waals surface area contributed by atoms with E-state index in [2.05, 4.69) is 4.72 Å². The minimum absolute atomic E-state index is 0.0598. The molecule has 0 bridgehead atoms. The third kappa shape index (κ3) is 5.33. The molecule has 0 spiro atoms. The van der Waals surface area contributed by atoms with Crippen LogP contribution in [-0.4, -0.2) is 37.8 Å². The molecule has 0 aliphatic heterocycles. The van der Waals surface area contributed by atoms with Gasteiger partial charge in [-0.2, -0.15) is 0 Å². The summed E-state index contributed by atoms with van der Waals surface area (Å²) in [6.45, 7) is 0.409. The second-order valence-corrected chi connectivity index (χ2v) is 6.33. The van der Waals surface area contributed by atoms with Gasteiger partial charge in [-0.3, -0.25) is 0 Å². The van der Waals surface area contributed by atoms with E-state index in [-0.39, 0.29) is 29.3 Å².